The summed E-state index contributed by atoms with van der Waals surface area (Å²) in [5.74, 6) is 0.131. The van der Waals surface area contributed by atoms with Gasteiger partial charge in [0.1, 0.15) is 11.4 Å². The van der Waals surface area contributed by atoms with E-state index in [-0.39, 0.29) is 22.8 Å². The highest BCUT2D eigenvalue weighted by Gasteiger charge is 2.17. The molecule has 0 radical (unpaired) electrons. The minimum atomic E-state index is -0.348. The zero-order valence-electron chi connectivity index (χ0n) is 13.0. The Kier molecular flexibility index (Phi) is 3.57. The smallest absolute Gasteiger partial charge is 0.295 e. The minimum absolute atomic E-state index is 0.131. The Balaban J connectivity index is 2.09. The van der Waals surface area contributed by atoms with Gasteiger partial charge in [0.15, 0.2) is 0 Å². The van der Waals surface area contributed by atoms with Gasteiger partial charge in [-0.1, -0.05) is 18.2 Å². The van der Waals surface area contributed by atoms with Crippen molar-refractivity contribution in [3.05, 3.63) is 62.4 Å². The number of H-pyrrole nitrogens is 1. The topological polar surface area (TPSA) is 97.6 Å². The van der Waals surface area contributed by atoms with E-state index in [0.29, 0.717) is 11.4 Å². The predicted molar refractivity (Wildman–Crippen MR) is 86.4 cm³/mol. The van der Waals surface area contributed by atoms with Gasteiger partial charge in [0.05, 0.1) is 11.4 Å². The Hall–Kier alpha value is -3.16. The number of nitrogens with zero attached hydrogens (tertiary/aromatic N) is 4. The lowest BCUT2D eigenvalue weighted by Gasteiger charge is -2.07. The Labute approximate surface area is 131 Å². The van der Waals surface area contributed by atoms with Crippen molar-refractivity contribution in [3.63, 3.8) is 0 Å². The second-order valence-corrected chi connectivity index (χ2v) is 5.15. The Morgan fingerprint density at radius 3 is 2.43 bits per heavy atom. The van der Waals surface area contributed by atoms with E-state index in [9.17, 15) is 9.59 Å². The molecular formula is C15H16N6O2. The largest absolute Gasteiger partial charge is 0.318 e. The van der Waals surface area contributed by atoms with Gasteiger partial charge in [-0.3, -0.25) is 19.3 Å². The molecule has 0 atom stereocenters. The third-order valence-corrected chi connectivity index (χ3v) is 3.66. The van der Waals surface area contributed by atoms with Gasteiger partial charge in [-0.05, 0) is 26.0 Å². The van der Waals surface area contributed by atoms with Gasteiger partial charge in [0, 0.05) is 7.05 Å². The lowest BCUT2D eigenvalue weighted by atomic mass is 10.3. The second-order valence-electron chi connectivity index (χ2n) is 5.15. The van der Waals surface area contributed by atoms with Crippen molar-refractivity contribution < 1.29 is 0 Å². The first-order valence-electron chi connectivity index (χ1n) is 7.03. The molecule has 0 saturated carbocycles. The summed E-state index contributed by atoms with van der Waals surface area (Å²) >= 11 is 0. The lowest BCUT2D eigenvalue weighted by Crippen LogP contribution is -2.21. The van der Waals surface area contributed by atoms with Crippen molar-refractivity contribution in [1.82, 2.24) is 24.5 Å². The summed E-state index contributed by atoms with van der Waals surface area (Å²) in [4.78, 5) is 26.9. The second kappa shape index (κ2) is 5.56. The molecule has 0 spiro atoms. The number of hydrogen-bond donors (Lipinski definition) is 2. The molecule has 0 bridgehead atoms. The lowest BCUT2D eigenvalue weighted by molar-refractivity contribution is 0.630. The van der Waals surface area contributed by atoms with Gasteiger partial charge in [0.25, 0.3) is 11.1 Å². The first-order chi connectivity index (χ1) is 11.0. The molecule has 8 heteroatoms. The molecule has 118 valence electrons. The Morgan fingerprint density at radius 1 is 1.09 bits per heavy atom. The molecule has 3 rings (SSSR count). The van der Waals surface area contributed by atoms with Gasteiger partial charge >= 0.3 is 0 Å². The third-order valence-electron chi connectivity index (χ3n) is 3.66. The fourth-order valence-corrected chi connectivity index (χ4v) is 2.28. The summed E-state index contributed by atoms with van der Waals surface area (Å²) in [5.41, 5.74) is 1.48. The molecule has 23 heavy (non-hydrogen) atoms. The maximum atomic E-state index is 12.7. The van der Waals surface area contributed by atoms with E-state index in [0.717, 1.165) is 5.69 Å². The number of benzene rings is 1. The van der Waals surface area contributed by atoms with Crippen LogP contribution in [-0.4, -0.2) is 24.5 Å². The van der Waals surface area contributed by atoms with Crippen LogP contribution in [0.2, 0.25) is 0 Å². The normalized spacial score (nSPS) is 10.7. The van der Waals surface area contributed by atoms with Gasteiger partial charge in [-0.15, -0.1) is 10.2 Å². The molecule has 2 aromatic heterocycles. The van der Waals surface area contributed by atoms with Crippen LogP contribution in [0.5, 0.6) is 0 Å². The predicted octanol–water partition coefficient (Wildman–Crippen LogP) is 1.01. The van der Waals surface area contributed by atoms with Crippen LogP contribution in [0.25, 0.3) is 5.69 Å². The van der Waals surface area contributed by atoms with Crippen LogP contribution in [-0.2, 0) is 7.05 Å². The van der Waals surface area contributed by atoms with Gasteiger partial charge < -0.3 is 5.32 Å². The number of aromatic amines is 1. The monoisotopic (exact) mass is 312 g/mol. The SMILES string of the molecule is Cc1nnc(Nc2c(C)n(C)n(-c3ccccc3)c2=O)[nH]c1=O. The molecule has 0 amide bonds. The maximum Gasteiger partial charge on any atom is 0.295 e. The van der Waals surface area contributed by atoms with Crippen molar-refractivity contribution in [2.45, 2.75) is 13.8 Å². The van der Waals surface area contributed by atoms with Crippen molar-refractivity contribution in [2.24, 2.45) is 7.05 Å². The molecule has 3 aromatic rings. The average Bonchev–Trinajstić information content (AvgIpc) is 2.75. The summed E-state index contributed by atoms with van der Waals surface area (Å²) in [6.45, 7) is 3.37. The Bertz CT molecular complexity index is 968. The standard InChI is InChI=1S/C15H16N6O2/c1-9-13(22)17-15(19-18-9)16-12-10(2)20(3)21(14(12)23)11-7-5-4-6-8-11/h4-8H,1-3H3,(H2,16,17,19,22). The van der Waals surface area contributed by atoms with E-state index in [4.69, 9.17) is 0 Å². The van der Waals surface area contributed by atoms with Crippen LogP contribution in [0.4, 0.5) is 11.6 Å². The van der Waals surface area contributed by atoms with Gasteiger partial charge in [-0.25, -0.2) is 4.68 Å². The van der Waals surface area contributed by atoms with Crippen LogP contribution in [0, 0.1) is 13.8 Å². The molecule has 2 N–H and O–H groups in total. The molecule has 1 aromatic carbocycles. The molecular weight excluding hydrogens is 296 g/mol. The summed E-state index contributed by atoms with van der Waals surface area (Å²) in [6, 6.07) is 9.30. The fourth-order valence-electron chi connectivity index (χ4n) is 2.28. The highest BCUT2D eigenvalue weighted by Crippen LogP contribution is 2.16. The summed E-state index contributed by atoms with van der Waals surface area (Å²) < 4.78 is 3.27. The molecule has 8 nitrogen and oxygen atoms in total. The van der Waals surface area contributed by atoms with Crippen LogP contribution in [0.3, 0.4) is 0 Å². The number of aromatic nitrogens is 5. The Morgan fingerprint density at radius 2 is 1.78 bits per heavy atom. The van der Waals surface area contributed by atoms with E-state index >= 15 is 0 Å². The highest BCUT2D eigenvalue weighted by molar-refractivity contribution is 5.56. The fraction of sp³-hybridized carbons (Fsp3) is 0.200. The van der Waals surface area contributed by atoms with Crippen LogP contribution < -0.4 is 16.4 Å². The molecule has 0 aliphatic rings. The maximum absolute atomic E-state index is 12.7. The van der Waals surface area contributed by atoms with Crippen LogP contribution in [0.15, 0.2) is 39.9 Å². The zero-order chi connectivity index (χ0) is 16.6. The minimum Gasteiger partial charge on any atom is -0.318 e. The number of para-hydroxylation sites is 1. The highest BCUT2D eigenvalue weighted by atomic mass is 16.1. The summed E-state index contributed by atoms with van der Waals surface area (Å²) in [7, 11) is 1.79. The number of anilines is 2. The molecule has 2 heterocycles. The van der Waals surface area contributed by atoms with Crippen LogP contribution in [0.1, 0.15) is 11.4 Å². The quantitative estimate of drug-likeness (QED) is 0.752. The molecule has 0 aliphatic carbocycles. The van der Waals surface area contributed by atoms with Gasteiger partial charge in [-0.2, -0.15) is 0 Å². The van der Waals surface area contributed by atoms with E-state index in [1.165, 1.54) is 4.68 Å². The van der Waals surface area contributed by atoms with Crippen molar-refractivity contribution in [1.29, 1.82) is 0 Å². The van der Waals surface area contributed by atoms with E-state index in [1.54, 1.807) is 18.7 Å². The number of rotatable bonds is 3. The van der Waals surface area contributed by atoms with Crippen molar-refractivity contribution in [2.75, 3.05) is 5.32 Å². The molecule has 0 aliphatic heterocycles. The first-order valence-corrected chi connectivity index (χ1v) is 7.03. The number of aryl methyl sites for hydroxylation is 1. The number of nitrogens with one attached hydrogen (secondary N) is 2. The summed E-state index contributed by atoms with van der Waals surface area (Å²) in [5, 5.41) is 10.5. The van der Waals surface area contributed by atoms with Crippen molar-refractivity contribution >= 4 is 11.6 Å². The average molecular weight is 312 g/mol. The van der Waals surface area contributed by atoms with Crippen molar-refractivity contribution in [3.8, 4) is 5.69 Å². The van der Waals surface area contributed by atoms with E-state index in [1.807, 2.05) is 37.3 Å². The summed E-state index contributed by atoms with van der Waals surface area (Å²) in [6.07, 6.45) is 0. The number of hydrogen-bond acceptors (Lipinski definition) is 5. The molecule has 0 unspecified atom stereocenters. The zero-order valence-corrected chi connectivity index (χ0v) is 13.0. The first kappa shape index (κ1) is 14.8. The molecule has 0 saturated heterocycles. The van der Waals surface area contributed by atoms with Crippen LogP contribution >= 0.6 is 0 Å². The molecule has 0 fully saturated rings. The third kappa shape index (κ3) is 2.54. The van der Waals surface area contributed by atoms with E-state index in [2.05, 4.69) is 20.5 Å². The van der Waals surface area contributed by atoms with E-state index < -0.39 is 0 Å². The van der Waals surface area contributed by atoms with Gasteiger partial charge in [0.2, 0.25) is 5.95 Å².